The lowest BCUT2D eigenvalue weighted by molar-refractivity contribution is 0.410. The lowest BCUT2D eigenvalue weighted by atomic mass is 9.99. The van der Waals surface area contributed by atoms with Gasteiger partial charge in [-0.05, 0) is 22.8 Å². The molecule has 0 bridgehead atoms. The SMILES string of the molecule is C=Cc1ccccc1Cc1ccccc1OC. The van der Waals surface area contributed by atoms with Crippen LogP contribution in [0.3, 0.4) is 0 Å². The molecule has 2 rings (SSSR count). The van der Waals surface area contributed by atoms with E-state index in [9.17, 15) is 0 Å². The Morgan fingerprint density at radius 1 is 1.00 bits per heavy atom. The first-order valence-electron chi connectivity index (χ1n) is 5.67. The first-order valence-corrected chi connectivity index (χ1v) is 5.67. The number of ether oxygens (including phenoxy) is 1. The van der Waals surface area contributed by atoms with Gasteiger partial charge in [-0.25, -0.2) is 0 Å². The molecule has 0 aliphatic carbocycles. The third-order valence-corrected chi connectivity index (χ3v) is 2.85. The lowest BCUT2D eigenvalue weighted by Crippen LogP contribution is -1.95. The molecular formula is C16H16O. The summed E-state index contributed by atoms with van der Waals surface area (Å²) in [5.74, 6) is 0.936. The maximum absolute atomic E-state index is 5.37. The molecule has 0 amide bonds. The van der Waals surface area contributed by atoms with Crippen LogP contribution in [-0.4, -0.2) is 7.11 Å². The third kappa shape index (κ3) is 2.56. The van der Waals surface area contributed by atoms with E-state index in [1.165, 1.54) is 16.7 Å². The Hall–Kier alpha value is -2.02. The average Bonchev–Trinajstić information content (AvgIpc) is 2.40. The van der Waals surface area contributed by atoms with Crippen molar-refractivity contribution in [3.8, 4) is 5.75 Å². The van der Waals surface area contributed by atoms with Crippen LogP contribution < -0.4 is 4.74 Å². The zero-order valence-corrected chi connectivity index (χ0v) is 10.0. The number of hydrogen-bond donors (Lipinski definition) is 0. The van der Waals surface area contributed by atoms with E-state index in [0.29, 0.717) is 0 Å². The number of rotatable bonds is 4. The van der Waals surface area contributed by atoms with Gasteiger partial charge in [0.05, 0.1) is 7.11 Å². The highest BCUT2D eigenvalue weighted by Crippen LogP contribution is 2.22. The lowest BCUT2D eigenvalue weighted by Gasteiger charge is -2.10. The number of methoxy groups -OCH3 is 1. The molecule has 1 heteroatoms. The fourth-order valence-corrected chi connectivity index (χ4v) is 1.95. The summed E-state index contributed by atoms with van der Waals surface area (Å²) in [5, 5.41) is 0. The van der Waals surface area contributed by atoms with E-state index in [2.05, 4.69) is 30.8 Å². The van der Waals surface area contributed by atoms with E-state index < -0.39 is 0 Å². The van der Waals surface area contributed by atoms with Crippen LogP contribution in [0.15, 0.2) is 55.1 Å². The van der Waals surface area contributed by atoms with Crippen LogP contribution in [0.1, 0.15) is 16.7 Å². The van der Waals surface area contributed by atoms with Crippen molar-refractivity contribution in [3.05, 3.63) is 71.8 Å². The van der Waals surface area contributed by atoms with Gasteiger partial charge in [-0.3, -0.25) is 0 Å². The molecule has 0 aromatic heterocycles. The van der Waals surface area contributed by atoms with Gasteiger partial charge in [-0.15, -0.1) is 0 Å². The second-order valence-corrected chi connectivity index (χ2v) is 3.89. The average molecular weight is 224 g/mol. The Kier molecular flexibility index (Phi) is 3.61. The van der Waals surface area contributed by atoms with Gasteiger partial charge in [-0.2, -0.15) is 0 Å². The molecule has 0 radical (unpaired) electrons. The van der Waals surface area contributed by atoms with Crippen molar-refractivity contribution in [2.75, 3.05) is 7.11 Å². The molecule has 0 spiro atoms. The van der Waals surface area contributed by atoms with Crippen molar-refractivity contribution in [2.24, 2.45) is 0 Å². The van der Waals surface area contributed by atoms with Crippen LogP contribution in [0.2, 0.25) is 0 Å². The zero-order valence-electron chi connectivity index (χ0n) is 10.0. The molecule has 2 aromatic carbocycles. The molecule has 1 nitrogen and oxygen atoms in total. The van der Waals surface area contributed by atoms with Gasteiger partial charge in [0, 0.05) is 6.42 Å². The van der Waals surface area contributed by atoms with E-state index in [0.717, 1.165) is 12.2 Å². The first-order chi connectivity index (χ1) is 8.35. The van der Waals surface area contributed by atoms with E-state index >= 15 is 0 Å². The highest BCUT2D eigenvalue weighted by Gasteiger charge is 2.04. The van der Waals surface area contributed by atoms with Crippen molar-refractivity contribution in [1.82, 2.24) is 0 Å². The van der Waals surface area contributed by atoms with Gasteiger partial charge >= 0.3 is 0 Å². The van der Waals surface area contributed by atoms with Crippen molar-refractivity contribution in [2.45, 2.75) is 6.42 Å². The van der Waals surface area contributed by atoms with E-state index in [-0.39, 0.29) is 0 Å². The molecule has 86 valence electrons. The van der Waals surface area contributed by atoms with Crippen LogP contribution in [-0.2, 0) is 6.42 Å². The molecule has 0 fully saturated rings. The summed E-state index contributed by atoms with van der Waals surface area (Å²) in [5.41, 5.74) is 3.65. The predicted octanol–water partition coefficient (Wildman–Crippen LogP) is 3.93. The maximum atomic E-state index is 5.37. The van der Waals surface area contributed by atoms with Crippen molar-refractivity contribution < 1.29 is 4.74 Å². The van der Waals surface area contributed by atoms with Gasteiger partial charge in [0.25, 0.3) is 0 Å². The third-order valence-electron chi connectivity index (χ3n) is 2.85. The molecular weight excluding hydrogens is 208 g/mol. The first kappa shape index (κ1) is 11.5. The molecule has 0 aliphatic rings. The van der Waals surface area contributed by atoms with Crippen LogP contribution in [0, 0.1) is 0 Å². The Morgan fingerprint density at radius 3 is 2.35 bits per heavy atom. The van der Waals surface area contributed by atoms with Gasteiger partial charge in [0.15, 0.2) is 0 Å². The zero-order chi connectivity index (χ0) is 12.1. The van der Waals surface area contributed by atoms with Crippen LogP contribution in [0.25, 0.3) is 6.08 Å². The number of benzene rings is 2. The summed E-state index contributed by atoms with van der Waals surface area (Å²) in [7, 11) is 1.71. The topological polar surface area (TPSA) is 9.23 Å². The molecule has 0 unspecified atom stereocenters. The summed E-state index contributed by atoms with van der Waals surface area (Å²) in [6, 6.07) is 16.4. The van der Waals surface area contributed by atoms with Gasteiger partial charge < -0.3 is 4.74 Å². The van der Waals surface area contributed by atoms with E-state index in [4.69, 9.17) is 4.74 Å². The van der Waals surface area contributed by atoms with E-state index in [1.807, 2.05) is 30.3 Å². The van der Waals surface area contributed by atoms with Crippen LogP contribution in [0.4, 0.5) is 0 Å². The quantitative estimate of drug-likeness (QED) is 0.764. The van der Waals surface area contributed by atoms with Gasteiger partial charge in [-0.1, -0.05) is 55.1 Å². The van der Waals surface area contributed by atoms with Crippen molar-refractivity contribution in [1.29, 1.82) is 0 Å². The Labute approximate surface area is 102 Å². The molecule has 0 heterocycles. The molecule has 0 aliphatic heterocycles. The Morgan fingerprint density at radius 2 is 1.65 bits per heavy atom. The highest BCUT2D eigenvalue weighted by atomic mass is 16.5. The fourth-order valence-electron chi connectivity index (χ4n) is 1.95. The molecule has 0 saturated carbocycles. The minimum atomic E-state index is 0.867. The maximum Gasteiger partial charge on any atom is 0.122 e. The largest absolute Gasteiger partial charge is 0.496 e. The van der Waals surface area contributed by atoms with E-state index in [1.54, 1.807) is 7.11 Å². The minimum absolute atomic E-state index is 0.867. The van der Waals surface area contributed by atoms with Gasteiger partial charge in [0.2, 0.25) is 0 Å². The molecule has 2 aromatic rings. The summed E-state index contributed by atoms with van der Waals surface area (Å²) < 4.78 is 5.37. The summed E-state index contributed by atoms with van der Waals surface area (Å²) >= 11 is 0. The Balaban J connectivity index is 2.34. The summed E-state index contributed by atoms with van der Waals surface area (Å²) in [6.07, 6.45) is 2.76. The minimum Gasteiger partial charge on any atom is -0.496 e. The molecule has 0 N–H and O–H groups in total. The normalized spacial score (nSPS) is 9.94. The summed E-state index contributed by atoms with van der Waals surface area (Å²) in [4.78, 5) is 0. The number of hydrogen-bond acceptors (Lipinski definition) is 1. The van der Waals surface area contributed by atoms with Gasteiger partial charge in [0.1, 0.15) is 5.75 Å². The fraction of sp³-hybridized carbons (Fsp3) is 0.125. The molecule has 0 atom stereocenters. The second-order valence-electron chi connectivity index (χ2n) is 3.89. The monoisotopic (exact) mass is 224 g/mol. The molecule has 0 saturated heterocycles. The van der Waals surface area contributed by atoms with Crippen molar-refractivity contribution >= 4 is 6.08 Å². The highest BCUT2D eigenvalue weighted by molar-refractivity contribution is 5.53. The Bertz CT molecular complexity index is 514. The van der Waals surface area contributed by atoms with Crippen LogP contribution in [0.5, 0.6) is 5.75 Å². The van der Waals surface area contributed by atoms with Crippen molar-refractivity contribution in [3.63, 3.8) is 0 Å². The molecule has 17 heavy (non-hydrogen) atoms. The second kappa shape index (κ2) is 5.35. The number of para-hydroxylation sites is 1. The summed E-state index contributed by atoms with van der Waals surface area (Å²) in [6.45, 7) is 3.84. The predicted molar refractivity (Wildman–Crippen MR) is 72.3 cm³/mol. The smallest absolute Gasteiger partial charge is 0.122 e. The standard InChI is InChI=1S/C16H16O/c1-3-13-8-4-5-9-14(13)12-15-10-6-7-11-16(15)17-2/h3-11H,1,12H2,2H3. The van der Waals surface area contributed by atoms with Crippen LogP contribution >= 0.6 is 0 Å².